The largest absolute Gasteiger partial charge is 0.364 e. The number of anilines is 2. The number of aryl methyl sites for hydroxylation is 2. The van der Waals surface area contributed by atoms with Crippen molar-refractivity contribution in [3.05, 3.63) is 81.9 Å². The zero-order chi connectivity index (χ0) is 21.4. The van der Waals surface area contributed by atoms with Gasteiger partial charge < -0.3 is 11.1 Å². The van der Waals surface area contributed by atoms with Crippen LogP contribution in [0.4, 0.5) is 11.4 Å². The van der Waals surface area contributed by atoms with Crippen LogP contribution >= 0.6 is 23.2 Å². The summed E-state index contributed by atoms with van der Waals surface area (Å²) in [4.78, 5) is 11.9. The van der Waals surface area contributed by atoms with E-state index in [1.807, 2.05) is 49.0 Å². The van der Waals surface area contributed by atoms with E-state index in [4.69, 9.17) is 28.9 Å². The fourth-order valence-corrected chi connectivity index (χ4v) is 3.57. The van der Waals surface area contributed by atoms with Crippen molar-refractivity contribution in [3.8, 4) is 11.4 Å². The maximum Gasteiger partial charge on any atom is 0.271 e. The molecule has 2 aromatic heterocycles. The molecule has 4 aromatic rings. The van der Waals surface area contributed by atoms with E-state index in [1.54, 1.807) is 24.4 Å². The summed E-state index contributed by atoms with van der Waals surface area (Å²) in [5.41, 5.74) is 10.3. The maximum absolute atomic E-state index is 11.9. The van der Waals surface area contributed by atoms with E-state index >= 15 is 0 Å². The summed E-state index contributed by atoms with van der Waals surface area (Å²) in [6, 6.07) is 12.7. The Hall–Kier alpha value is -3.29. The molecule has 2 aromatic carbocycles. The zero-order valence-electron chi connectivity index (χ0n) is 16.2. The molecule has 4 rings (SSSR count). The Morgan fingerprint density at radius 3 is 2.20 bits per heavy atom. The summed E-state index contributed by atoms with van der Waals surface area (Å²) in [5, 5.41) is 12.7. The summed E-state index contributed by atoms with van der Waals surface area (Å²) in [6.07, 6.45) is 3.60. The normalized spacial score (nSPS) is 10.9. The molecule has 2 heterocycles. The smallest absolute Gasteiger partial charge is 0.271 e. The maximum atomic E-state index is 11.9. The minimum atomic E-state index is -0.668. The second-order valence-electron chi connectivity index (χ2n) is 6.78. The van der Waals surface area contributed by atoms with Gasteiger partial charge in [-0.1, -0.05) is 29.3 Å². The molecular weight excluding hydrogens is 423 g/mol. The number of amides is 1. The number of para-hydroxylation sites is 1. The minimum Gasteiger partial charge on any atom is -0.364 e. The van der Waals surface area contributed by atoms with E-state index in [0.29, 0.717) is 21.4 Å². The number of benzene rings is 2. The van der Waals surface area contributed by atoms with Crippen LogP contribution in [-0.4, -0.2) is 25.5 Å². The van der Waals surface area contributed by atoms with Crippen molar-refractivity contribution in [2.75, 3.05) is 5.32 Å². The predicted molar refractivity (Wildman–Crippen MR) is 118 cm³/mol. The highest BCUT2D eigenvalue weighted by molar-refractivity contribution is 6.37. The summed E-state index contributed by atoms with van der Waals surface area (Å²) in [6.45, 7) is 3.99. The van der Waals surface area contributed by atoms with Gasteiger partial charge in [0.2, 0.25) is 0 Å². The van der Waals surface area contributed by atoms with Crippen LogP contribution in [0.25, 0.3) is 11.4 Å². The fourth-order valence-electron chi connectivity index (χ4n) is 3.00. The summed E-state index contributed by atoms with van der Waals surface area (Å²) >= 11 is 12.5. The molecule has 0 atom stereocenters. The first-order chi connectivity index (χ1) is 14.3. The van der Waals surface area contributed by atoms with Crippen molar-refractivity contribution in [1.29, 1.82) is 0 Å². The Labute approximate surface area is 183 Å². The van der Waals surface area contributed by atoms with Crippen LogP contribution in [-0.2, 0) is 0 Å². The van der Waals surface area contributed by atoms with E-state index in [1.165, 1.54) is 4.68 Å². The zero-order valence-corrected chi connectivity index (χ0v) is 17.7. The number of aromatic nitrogens is 4. The van der Waals surface area contributed by atoms with Crippen LogP contribution in [0.3, 0.4) is 0 Å². The molecule has 0 aliphatic carbocycles. The van der Waals surface area contributed by atoms with E-state index < -0.39 is 5.91 Å². The molecule has 30 heavy (non-hydrogen) atoms. The highest BCUT2D eigenvalue weighted by Gasteiger charge is 2.18. The molecule has 1 amide bonds. The number of carbonyl (C=O) groups excluding carboxylic acids is 1. The first kappa shape index (κ1) is 20.0. The van der Waals surface area contributed by atoms with Gasteiger partial charge in [0.15, 0.2) is 5.69 Å². The Balaban J connectivity index is 1.66. The lowest BCUT2D eigenvalue weighted by Crippen LogP contribution is -2.14. The molecule has 0 radical (unpaired) electrons. The van der Waals surface area contributed by atoms with Gasteiger partial charge in [-0.25, -0.2) is 9.36 Å². The minimum absolute atomic E-state index is 0.0772. The average molecular weight is 441 g/mol. The third kappa shape index (κ3) is 3.77. The van der Waals surface area contributed by atoms with E-state index in [2.05, 4.69) is 15.5 Å². The van der Waals surface area contributed by atoms with E-state index in [-0.39, 0.29) is 5.69 Å². The van der Waals surface area contributed by atoms with Gasteiger partial charge in [-0.3, -0.25) is 4.79 Å². The van der Waals surface area contributed by atoms with Gasteiger partial charge >= 0.3 is 0 Å². The van der Waals surface area contributed by atoms with E-state index in [9.17, 15) is 4.79 Å². The van der Waals surface area contributed by atoms with Crippen LogP contribution in [0.5, 0.6) is 0 Å². The number of nitrogens with zero attached hydrogens (tertiary/aromatic N) is 4. The SMILES string of the molecule is Cc1cn(-c2ccc(Nc3cn(-c4c(Cl)cccc4Cl)nc3C(N)=O)cc2)nc1C. The molecule has 3 N–H and O–H groups in total. The van der Waals surface area contributed by atoms with Crippen molar-refractivity contribution >= 4 is 40.5 Å². The first-order valence-electron chi connectivity index (χ1n) is 9.07. The number of carbonyl (C=O) groups is 1. The molecule has 0 saturated carbocycles. The van der Waals surface area contributed by atoms with Crippen molar-refractivity contribution < 1.29 is 4.79 Å². The predicted octanol–water partition coefficient (Wildman–Crippen LogP) is 4.82. The Morgan fingerprint density at radius 2 is 1.63 bits per heavy atom. The summed E-state index contributed by atoms with van der Waals surface area (Å²) in [7, 11) is 0. The quantitative estimate of drug-likeness (QED) is 0.465. The first-order valence-corrected chi connectivity index (χ1v) is 9.83. The lowest BCUT2D eigenvalue weighted by atomic mass is 10.2. The second kappa shape index (κ2) is 7.85. The second-order valence-corrected chi connectivity index (χ2v) is 7.60. The molecule has 0 unspecified atom stereocenters. The van der Waals surface area contributed by atoms with E-state index in [0.717, 1.165) is 22.6 Å². The van der Waals surface area contributed by atoms with Crippen LogP contribution in [0, 0.1) is 13.8 Å². The Kier molecular flexibility index (Phi) is 5.24. The van der Waals surface area contributed by atoms with Crippen LogP contribution in [0.15, 0.2) is 54.9 Å². The fraction of sp³-hybridized carbons (Fsp3) is 0.0952. The Bertz CT molecular complexity index is 1200. The van der Waals surface area contributed by atoms with Crippen LogP contribution < -0.4 is 11.1 Å². The van der Waals surface area contributed by atoms with Gasteiger partial charge in [-0.15, -0.1) is 0 Å². The highest BCUT2D eigenvalue weighted by Crippen LogP contribution is 2.30. The standard InChI is InChI=1S/C21H18Cl2N6O/c1-12-10-28(26-13(12)2)15-8-6-14(7-9-15)25-18-11-29(27-19(18)21(24)30)20-16(22)4-3-5-17(20)23/h3-11,25H,1-2H3,(H2,24,30). The van der Waals surface area contributed by atoms with Crippen molar-refractivity contribution in [1.82, 2.24) is 19.6 Å². The Morgan fingerprint density at radius 1 is 0.967 bits per heavy atom. The van der Waals surface area contributed by atoms with Gasteiger partial charge in [0.25, 0.3) is 5.91 Å². The molecular formula is C21H18Cl2N6O. The molecule has 9 heteroatoms. The number of hydrogen-bond donors (Lipinski definition) is 2. The molecule has 7 nitrogen and oxygen atoms in total. The summed E-state index contributed by atoms with van der Waals surface area (Å²) < 4.78 is 3.26. The number of nitrogens with one attached hydrogen (secondary N) is 1. The molecule has 152 valence electrons. The van der Waals surface area contributed by atoms with Gasteiger partial charge in [0, 0.05) is 11.9 Å². The average Bonchev–Trinajstić information content (AvgIpc) is 3.26. The lowest BCUT2D eigenvalue weighted by Gasteiger charge is -2.07. The van der Waals surface area contributed by atoms with Crippen LogP contribution in [0.2, 0.25) is 10.0 Å². The third-order valence-electron chi connectivity index (χ3n) is 4.67. The summed E-state index contributed by atoms with van der Waals surface area (Å²) in [5.74, 6) is -0.668. The third-order valence-corrected chi connectivity index (χ3v) is 5.28. The van der Waals surface area contributed by atoms with Gasteiger partial charge in [-0.05, 0) is 55.8 Å². The monoisotopic (exact) mass is 440 g/mol. The number of primary amides is 1. The van der Waals surface area contributed by atoms with Gasteiger partial charge in [0.1, 0.15) is 5.69 Å². The van der Waals surface area contributed by atoms with Crippen LogP contribution in [0.1, 0.15) is 21.7 Å². The lowest BCUT2D eigenvalue weighted by molar-refractivity contribution is 0.0996. The molecule has 0 aliphatic rings. The number of hydrogen-bond acceptors (Lipinski definition) is 4. The molecule has 0 bridgehead atoms. The highest BCUT2D eigenvalue weighted by atomic mass is 35.5. The number of halogens is 2. The molecule has 0 aliphatic heterocycles. The van der Waals surface area contributed by atoms with Gasteiger partial charge in [-0.2, -0.15) is 10.2 Å². The van der Waals surface area contributed by atoms with Crippen molar-refractivity contribution in [2.45, 2.75) is 13.8 Å². The topological polar surface area (TPSA) is 90.8 Å². The molecule has 0 spiro atoms. The molecule has 0 saturated heterocycles. The van der Waals surface area contributed by atoms with Crippen molar-refractivity contribution in [2.24, 2.45) is 5.73 Å². The number of nitrogens with two attached hydrogens (primary N) is 1. The number of rotatable bonds is 5. The van der Waals surface area contributed by atoms with Crippen molar-refractivity contribution in [3.63, 3.8) is 0 Å². The van der Waals surface area contributed by atoms with Gasteiger partial charge in [0.05, 0.1) is 33.3 Å². The molecule has 0 fully saturated rings.